The van der Waals surface area contributed by atoms with Crippen LogP contribution in [0.1, 0.15) is 22.8 Å². The zero-order valence-electron chi connectivity index (χ0n) is 16.5. The first-order chi connectivity index (χ1) is 14.2. The van der Waals surface area contributed by atoms with E-state index in [1.54, 1.807) is 0 Å². The van der Waals surface area contributed by atoms with Crippen molar-refractivity contribution in [3.63, 3.8) is 0 Å². The third-order valence-electron chi connectivity index (χ3n) is 4.88. The average Bonchev–Trinajstić information content (AvgIpc) is 3.16. The van der Waals surface area contributed by atoms with Gasteiger partial charge in [-0.2, -0.15) is 0 Å². The summed E-state index contributed by atoms with van der Waals surface area (Å²) in [6.45, 7) is 4.12. The lowest BCUT2D eigenvalue weighted by atomic mass is 9.94. The van der Waals surface area contributed by atoms with Gasteiger partial charge >= 0.3 is 5.97 Å². The minimum absolute atomic E-state index is 0.298. The largest absolute Gasteiger partial charge is 0.462 e. The first-order valence-electron chi connectivity index (χ1n) is 9.71. The molecule has 3 heteroatoms. The van der Waals surface area contributed by atoms with E-state index in [0.717, 1.165) is 27.8 Å². The molecule has 0 atom stereocenters. The van der Waals surface area contributed by atoms with Crippen molar-refractivity contribution in [1.82, 2.24) is 0 Å². The van der Waals surface area contributed by atoms with Gasteiger partial charge in [-0.3, -0.25) is 0 Å². The highest BCUT2D eigenvalue weighted by atomic mass is 16.5. The summed E-state index contributed by atoms with van der Waals surface area (Å²) < 4.78 is 11.9. The van der Waals surface area contributed by atoms with Crippen molar-refractivity contribution < 1.29 is 13.9 Å². The molecule has 144 valence electrons. The number of carbonyl (C=O) groups excluding carboxylic acids is 1. The standard InChI is InChI=1S/C26H22O3/c1-3-28-26(27)23-22(19-13-6-4-7-14-19)24(20-15-8-5-9-16-20)29-25(23)21-17-11-10-12-18(21)2/h4-17H,3H2,1-2H3. The summed E-state index contributed by atoms with van der Waals surface area (Å²) in [7, 11) is 0. The van der Waals surface area contributed by atoms with Crippen LogP contribution in [0.15, 0.2) is 89.3 Å². The van der Waals surface area contributed by atoms with Crippen LogP contribution in [0.4, 0.5) is 0 Å². The molecule has 0 N–H and O–H groups in total. The molecular formula is C26H22O3. The van der Waals surface area contributed by atoms with E-state index in [1.807, 2.05) is 98.8 Å². The van der Waals surface area contributed by atoms with Gasteiger partial charge in [-0.1, -0.05) is 84.9 Å². The van der Waals surface area contributed by atoms with Crippen molar-refractivity contribution in [1.29, 1.82) is 0 Å². The molecule has 4 rings (SSSR count). The van der Waals surface area contributed by atoms with Crippen LogP contribution < -0.4 is 0 Å². The SMILES string of the molecule is CCOC(=O)c1c(-c2ccccc2C)oc(-c2ccccc2)c1-c1ccccc1. The number of carbonyl (C=O) groups is 1. The minimum atomic E-state index is -0.379. The third kappa shape index (κ3) is 3.59. The van der Waals surface area contributed by atoms with Crippen LogP contribution in [0.2, 0.25) is 0 Å². The van der Waals surface area contributed by atoms with Crippen LogP contribution >= 0.6 is 0 Å². The second-order valence-corrected chi connectivity index (χ2v) is 6.78. The van der Waals surface area contributed by atoms with Gasteiger partial charge in [0.15, 0.2) is 0 Å². The fraction of sp³-hybridized carbons (Fsp3) is 0.115. The summed E-state index contributed by atoms with van der Waals surface area (Å²) in [5.74, 6) is 0.827. The molecule has 1 aromatic heterocycles. The van der Waals surface area contributed by atoms with Gasteiger partial charge in [0.05, 0.1) is 6.61 Å². The quantitative estimate of drug-likeness (QED) is 0.358. The number of hydrogen-bond donors (Lipinski definition) is 0. The molecule has 0 bridgehead atoms. The monoisotopic (exact) mass is 382 g/mol. The summed E-state index contributed by atoms with van der Waals surface area (Å²) in [4.78, 5) is 13.1. The van der Waals surface area contributed by atoms with E-state index in [1.165, 1.54) is 0 Å². The topological polar surface area (TPSA) is 39.4 Å². The van der Waals surface area contributed by atoms with E-state index in [9.17, 15) is 4.79 Å². The Labute approximate surface area is 170 Å². The molecule has 0 aliphatic carbocycles. The predicted molar refractivity (Wildman–Crippen MR) is 116 cm³/mol. The molecule has 1 heterocycles. The Hall–Kier alpha value is -3.59. The summed E-state index contributed by atoms with van der Waals surface area (Å²) in [6.07, 6.45) is 0. The molecule has 0 amide bonds. The maximum atomic E-state index is 13.1. The molecule has 0 aliphatic heterocycles. The van der Waals surface area contributed by atoms with Crippen LogP contribution in [-0.2, 0) is 4.74 Å². The first-order valence-corrected chi connectivity index (χ1v) is 9.71. The minimum Gasteiger partial charge on any atom is -0.462 e. The smallest absolute Gasteiger partial charge is 0.342 e. The van der Waals surface area contributed by atoms with Crippen LogP contribution in [0.3, 0.4) is 0 Å². The Morgan fingerprint density at radius 3 is 2.00 bits per heavy atom. The van der Waals surface area contributed by atoms with Gasteiger partial charge in [0, 0.05) is 16.7 Å². The fourth-order valence-electron chi connectivity index (χ4n) is 3.52. The molecule has 0 fully saturated rings. The fourth-order valence-corrected chi connectivity index (χ4v) is 3.52. The Morgan fingerprint density at radius 2 is 1.38 bits per heavy atom. The van der Waals surface area contributed by atoms with Crippen molar-refractivity contribution in [2.45, 2.75) is 13.8 Å². The number of furan rings is 1. The van der Waals surface area contributed by atoms with Crippen molar-refractivity contribution in [3.8, 4) is 33.8 Å². The van der Waals surface area contributed by atoms with E-state index < -0.39 is 0 Å². The zero-order valence-corrected chi connectivity index (χ0v) is 16.5. The van der Waals surface area contributed by atoms with Gasteiger partial charge in [0.2, 0.25) is 0 Å². The van der Waals surface area contributed by atoms with Crippen LogP contribution in [-0.4, -0.2) is 12.6 Å². The first kappa shape index (κ1) is 18.8. The van der Waals surface area contributed by atoms with Gasteiger partial charge in [0.1, 0.15) is 17.1 Å². The Kier molecular flexibility index (Phi) is 5.30. The van der Waals surface area contributed by atoms with Crippen molar-refractivity contribution in [2.24, 2.45) is 0 Å². The van der Waals surface area contributed by atoms with Crippen LogP contribution in [0.5, 0.6) is 0 Å². The molecule has 4 aromatic rings. The van der Waals surface area contributed by atoms with Crippen molar-refractivity contribution in [3.05, 3.63) is 96.1 Å². The molecule has 29 heavy (non-hydrogen) atoms. The van der Waals surface area contributed by atoms with Crippen LogP contribution in [0, 0.1) is 6.92 Å². The number of hydrogen-bond acceptors (Lipinski definition) is 3. The molecule has 0 saturated carbocycles. The highest BCUT2D eigenvalue weighted by Gasteiger charge is 2.29. The molecule has 0 radical (unpaired) electrons. The molecule has 0 spiro atoms. The molecule has 0 aliphatic rings. The highest BCUT2D eigenvalue weighted by Crippen LogP contribution is 2.44. The summed E-state index contributed by atoms with van der Waals surface area (Å²) in [5.41, 5.74) is 4.97. The Balaban J connectivity index is 2.08. The summed E-state index contributed by atoms with van der Waals surface area (Å²) >= 11 is 0. The summed E-state index contributed by atoms with van der Waals surface area (Å²) in [6, 6.07) is 27.6. The Morgan fingerprint density at radius 1 is 0.793 bits per heavy atom. The van der Waals surface area contributed by atoms with Gasteiger partial charge in [-0.25, -0.2) is 4.79 Å². The predicted octanol–water partition coefficient (Wildman–Crippen LogP) is 6.77. The van der Waals surface area contributed by atoms with Crippen molar-refractivity contribution >= 4 is 5.97 Å². The lowest BCUT2D eigenvalue weighted by Crippen LogP contribution is -2.07. The third-order valence-corrected chi connectivity index (χ3v) is 4.88. The molecule has 0 unspecified atom stereocenters. The van der Waals surface area contributed by atoms with Gasteiger partial charge in [-0.15, -0.1) is 0 Å². The number of benzene rings is 3. The number of esters is 1. The molecule has 0 saturated heterocycles. The van der Waals surface area contributed by atoms with Crippen LogP contribution in [0.25, 0.3) is 33.8 Å². The zero-order chi connectivity index (χ0) is 20.2. The second kappa shape index (κ2) is 8.19. The number of aryl methyl sites for hydroxylation is 1. The van der Waals surface area contributed by atoms with E-state index >= 15 is 0 Å². The van der Waals surface area contributed by atoms with Gasteiger partial charge in [-0.05, 0) is 25.0 Å². The molecular weight excluding hydrogens is 360 g/mol. The normalized spacial score (nSPS) is 10.7. The number of ether oxygens (including phenoxy) is 1. The van der Waals surface area contributed by atoms with Gasteiger partial charge < -0.3 is 9.15 Å². The van der Waals surface area contributed by atoms with Gasteiger partial charge in [0.25, 0.3) is 0 Å². The summed E-state index contributed by atoms with van der Waals surface area (Å²) in [5, 5.41) is 0. The highest BCUT2D eigenvalue weighted by molar-refractivity contribution is 6.06. The molecule has 3 nitrogen and oxygen atoms in total. The van der Waals surface area contributed by atoms with Crippen molar-refractivity contribution in [2.75, 3.05) is 6.61 Å². The maximum absolute atomic E-state index is 13.1. The van der Waals surface area contributed by atoms with E-state index in [-0.39, 0.29) is 5.97 Å². The number of rotatable bonds is 5. The van der Waals surface area contributed by atoms with E-state index in [2.05, 4.69) is 0 Å². The maximum Gasteiger partial charge on any atom is 0.342 e. The van der Waals surface area contributed by atoms with E-state index in [0.29, 0.717) is 23.7 Å². The second-order valence-electron chi connectivity index (χ2n) is 6.78. The average molecular weight is 382 g/mol. The Bertz CT molecular complexity index is 1130. The molecule has 3 aromatic carbocycles. The van der Waals surface area contributed by atoms with E-state index in [4.69, 9.17) is 9.15 Å². The lowest BCUT2D eigenvalue weighted by molar-refractivity contribution is 0.0527. The lowest BCUT2D eigenvalue weighted by Gasteiger charge is -2.08.